The van der Waals surface area contributed by atoms with Crippen molar-refractivity contribution in [2.75, 3.05) is 0 Å². The minimum absolute atomic E-state index is 0.772. The van der Waals surface area contributed by atoms with Crippen LogP contribution in [0.4, 0.5) is 0 Å². The van der Waals surface area contributed by atoms with Gasteiger partial charge in [0.05, 0.1) is 0 Å². The second-order valence-corrected chi connectivity index (χ2v) is 2.81. The Morgan fingerprint density at radius 2 is 1.92 bits per heavy atom. The fourth-order valence-electron chi connectivity index (χ4n) is 0.874. The summed E-state index contributed by atoms with van der Waals surface area (Å²) in [5.74, 6) is 0. The first-order valence-corrected chi connectivity index (χ1v) is 4.26. The Bertz CT molecular complexity index is 283. The van der Waals surface area contributed by atoms with Crippen molar-refractivity contribution in [1.82, 2.24) is 0 Å². The van der Waals surface area contributed by atoms with Gasteiger partial charge in [-0.3, -0.25) is 0 Å². The van der Waals surface area contributed by atoms with E-state index in [2.05, 4.69) is 0 Å². The average molecular weight is 179 g/mol. The van der Waals surface area contributed by atoms with Gasteiger partial charge < -0.3 is 0 Å². The highest BCUT2D eigenvalue weighted by molar-refractivity contribution is 6.48. The Morgan fingerprint density at radius 1 is 1.25 bits per heavy atom. The molecule has 1 aromatic carbocycles. The summed E-state index contributed by atoms with van der Waals surface area (Å²) in [5, 5.41) is 0.772. The Morgan fingerprint density at radius 3 is 2.50 bits per heavy atom. The molecule has 0 unspecified atom stereocenters. The second kappa shape index (κ2) is 4.78. The summed E-state index contributed by atoms with van der Waals surface area (Å²) in [5.41, 5.74) is 1.05. The molecular formula is C11H11Cl. The van der Waals surface area contributed by atoms with Crippen molar-refractivity contribution in [1.29, 1.82) is 0 Å². The van der Waals surface area contributed by atoms with Crippen LogP contribution in [0, 0.1) is 0 Å². The van der Waals surface area contributed by atoms with Crippen molar-refractivity contribution >= 4 is 16.6 Å². The molecule has 0 bridgehead atoms. The molecule has 0 aliphatic rings. The van der Waals surface area contributed by atoms with Crippen LogP contribution in [0.2, 0.25) is 0 Å². The maximum atomic E-state index is 5.99. The molecule has 0 N–H and O–H groups in total. The standard InChI is InChI=1S/C11H11Cl/c1-2-3-9-11(12)10-7-5-4-6-8-10/h2-9H,1H3/b3-2+,11-9-. The quantitative estimate of drug-likeness (QED) is 0.604. The van der Waals surface area contributed by atoms with E-state index in [1.165, 1.54) is 0 Å². The summed E-state index contributed by atoms with van der Waals surface area (Å²) in [6.45, 7) is 1.96. The van der Waals surface area contributed by atoms with Crippen molar-refractivity contribution < 1.29 is 0 Å². The Labute approximate surface area is 78.2 Å². The van der Waals surface area contributed by atoms with Crippen molar-refractivity contribution in [3.8, 4) is 0 Å². The average Bonchev–Trinajstić information content (AvgIpc) is 2.15. The van der Waals surface area contributed by atoms with Gasteiger partial charge in [-0.25, -0.2) is 0 Å². The lowest BCUT2D eigenvalue weighted by molar-refractivity contribution is 1.64. The van der Waals surface area contributed by atoms with E-state index in [1.54, 1.807) is 0 Å². The van der Waals surface area contributed by atoms with Crippen LogP contribution in [0.1, 0.15) is 12.5 Å². The zero-order chi connectivity index (χ0) is 8.81. The molecular weight excluding hydrogens is 168 g/mol. The lowest BCUT2D eigenvalue weighted by atomic mass is 10.2. The number of halogens is 1. The first-order chi connectivity index (χ1) is 5.84. The van der Waals surface area contributed by atoms with Gasteiger partial charge in [0.25, 0.3) is 0 Å². The zero-order valence-corrected chi connectivity index (χ0v) is 7.75. The van der Waals surface area contributed by atoms with Crippen LogP contribution < -0.4 is 0 Å². The van der Waals surface area contributed by atoms with Crippen molar-refractivity contribution in [3.63, 3.8) is 0 Å². The van der Waals surface area contributed by atoms with E-state index >= 15 is 0 Å². The molecule has 0 aliphatic heterocycles. The van der Waals surface area contributed by atoms with E-state index in [1.807, 2.05) is 55.5 Å². The van der Waals surface area contributed by atoms with E-state index in [4.69, 9.17) is 11.6 Å². The monoisotopic (exact) mass is 178 g/mol. The normalized spacial score (nSPS) is 12.3. The number of allylic oxidation sites excluding steroid dienone is 3. The molecule has 0 saturated heterocycles. The molecule has 0 nitrogen and oxygen atoms in total. The maximum absolute atomic E-state index is 5.99. The van der Waals surface area contributed by atoms with Gasteiger partial charge in [-0.2, -0.15) is 0 Å². The predicted molar refractivity (Wildman–Crippen MR) is 55.1 cm³/mol. The molecule has 62 valence electrons. The smallest absolute Gasteiger partial charge is 0.0478 e. The van der Waals surface area contributed by atoms with Crippen LogP contribution in [0.5, 0.6) is 0 Å². The fraction of sp³-hybridized carbons (Fsp3) is 0.0909. The molecule has 0 aliphatic carbocycles. The third kappa shape index (κ3) is 2.55. The van der Waals surface area contributed by atoms with Crippen LogP contribution in [-0.2, 0) is 0 Å². The summed E-state index contributed by atoms with van der Waals surface area (Å²) < 4.78 is 0. The first-order valence-electron chi connectivity index (χ1n) is 3.88. The van der Waals surface area contributed by atoms with Gasteiger partial charge in [-0.05, 0) is 18.6 Å². The molecule has 1 rings (SSSR count). The largest absolute Gasteiger partial charge is 0.0876 e. The molecule has 0 radical (unpaired) electrons. The van der Waals surface area contributed by atoms with Gasteiger partial charge in [-0.1, -0.05) is 54.1 Å². The van der Waals surface area contributed by atoms with Crippen LogP contribution in [-0.4, -0.2) is 0 Å². The molecule has 0 heterocycles. The number of hydrogen-bond donors (Lipinski definition) is 0. The lowest BCUT2D eigenvalue weighted by Crippen LogP contribution is -1.73. The van der Waals surface area contributed by atoms with E-state index in [0.717, 1.165) is 10.6 Å². The molecule has 0 amide bonds. The summed E-state index contributed by atoms with van der Waals surface area (Å²) in [6.07, 6.45) is 5.76. The van der Waals surface area contributed by atoms with Crippen molar-refractivity contribution in [3.05, 3.63) is 54.1 Å². The lowest BCUT2D eigenvalue weighted by Gasteiger charge is -1.95. The highest BCUT2D eigenvalue weighted by Gasteiger charge is 1.92. The van der Waals surface area contributed by atoms with Crippen LogP contribution >= 0.6 is 11.6 Å². The highest BCUT2D eigenvalue weighted by atomic mass is 35.5. The Kier molecular flexibility index (Phi) is 3.62. The van der Waals surface area contributed by atoms with Gasteiger partial charge in [0.2, 0.25) is 0 Å². The second-order valence-electron chi connectivity index (χ2n) is 2.41. The van der Waals surface area contributed by atoms with Crippen LogP contribution in [0.3, 0.4) is 0 Å². The Hall–Kier alpha value is -1.01. The molecule has 1 aromatic rings. The first kappa shape index (κ1) is 9.08. The molecule has 0 saturated carbocycles. The Balaban J connectivity index is 2.85. The molecule has 0 aromatic heterocycles. The van der Waals surface area contributed by atoms with E-state index < -0.39 is 0 Å². The summed E-state index contributed by atoms with van der Waals surface area (Å²) in [7, 11) is 0. The maximum Gasteiger partial charge on any atom is 0.0478 e. The van der Waals surface area contributed by atoms with Crippen molar-refractivity contribution in [2.24, 2.45) is 0 Å². The van der Waals surface area contributed by atoms with Gasteiger partial charge in [0, 0.05) is 5.03 Å². The summed E-state index contributed by atoms with van der Waals surface area (Å²) in [6, 6.07) is 9.90. The van der Waals surface area contributed by atoms with E-state index in [-0.39, 0.29) is 0 Å². The van der Waals surface area contributed by atoms with Gasteiger partial charge in [0.15, 0.2) is 0 Å². The number of rotatable bonds is 2. The van der Waals surface area contributed by atoms with Gasteiger partial charge in [-0.15, -0.1) is 0 Å². The number of hydrogen-bond acceptors (Lipinski definition) is 0. The number of benzene rings is 1. The fourth-order valence-corrected chi connectivity index (χ4v) is 1.07. The third-order valence-corrected chi connectivity index (χ3v) is 1.83. The third-order valence-electron chi connectivity index (χ3n) is 1.48. The van der Waals surface area contributed by atoms with Gasteiger partial charge in [0.1, 0.15) is 0 Å². The minimum atomic E-state index is 0.772. The van der Waals surface area contributed by atoms with Crippen LogP contribution in [0.15, 0.2) is 48.6 Å². The summed E-state index contributed by atoms with van der Waals surface area (Å²) in [4.78, 5) is 0. The predicted octanol–water partition coefficient (Wildman–Crippen LogP) is 3.84. The van der Waals surface area contributed by atoms with Crippen molar-refractivity contribution in [2.45, 2.75) is 6.92 Å². The summed E-state index contributed by atoms with van der Waals surface area (Å²) >= 11 is 5.99. The van der Waals surface area contributed by atoms with E-state index in [9.17, 15) is 0 Å². The van der Waals surface area contributed by atoms with Gasteiger partial charge >= 0.3 is 0 Å². The topological polar surface area (TPSA) is 0 Å². The van der Waals surface area contributed by atoms with E-state index in [0.29, 0.717) is 0 Å². The molecule has 0 fully saturated rings. The molecule has 0 spiro atoms. The molecule has 12 heavy (non-hydrogen) atoms. The van der Waals surface area contributed by atoms with Crippen LogP contribution in [0.25, 0.3) is 5.03 Å². The molecule has 0 atom stereocenters. The molecule has 1 heteroatoms. The zero-order valence-electron chi connectivity index (χ0n) is 7.00. The highest BCUT2D eigenvalue weighted by Crippen LogP contribution is 2.17. The SMILES string of the molecule is C/C=C/C=C(\Cl)c1ccccc1. The minimum Gasteiger partial charge on any atom is -0.0876 e.